The van der Waals surface area contributed by atoms with Crippen LogP contribution in [0.2, 0.25) is 0 Å². The number of amides is 1. The minimum atomic E-state index is -0.807. The van der Waals surface area contributed by atoms with Crippen molar-refractivity contribution in [2.75, 3.05) is 26.7 Å². The normalized spacial score (nSPS) is 29.8. The van der Waals surface area contributed by atoms with Gasteiger partial charge in [-0.25, -0.2) is 0 Å². The average molecular weight is 240 g/mol. The first-order valence-electron chi connectivity index (χ1n) is 6.28. The van der Waals surface area contributed by atoms with Gasteiger partial charge in [0.25, 0.3) is 0 Å². The lowest BCUT2D eigenvalue weighted by atomic mass is 10.1. The fraction of sp³-hybridized carbons (Fsp3) is 0.833. The van der Waals surface area contributed by atoms with Crippen molar-refractivity contribution in [3.8, 4) is 0 Å². The highest BCUT2D eigenvalue weighted by Crippen LogP contribution is 2.25. The van der Waals surface area contributed by atoms with Gasteiger partial charge in [-0.3, -0.25) is 9.59 Å². The number of aliphatic carboxylic acids is 1. The molecule has 5 nitrogen and oxygen atoms in total. The number of hydrogen-bond donors (Lipinski definition) is 1. The summed E-state index contributed by atoms with van der Waals surface area (Å²) in [7, 11) is 2.02. The van der Waals surface area contributed by atoms with Crippen LogP contribution in [0.25, 0.3) is 0 Å². The summed E-state index contributed by atoms with van der Waals surface area (Å²) in [6, 6.07) is -0.0779. The maximum absolute atomic E-state index is 12.3. The molecule has 0 aromatic rings. The molecule has 1 N–H and O–H groups in total. The van der Waals surface area contributed by atoms with Gasteiger partial charge in [-0.2, -0.15) is 0 Å². The predicted octanol–water partition coefficient (Wildman–Crippen LogP) is 0.404. The molecule has 2 saturated heterocycles. The van der Waals surface area contributed by atoms with Crippen LogP contribution in [0.5, 0.6) is 0 Å². The molecule has 0 aromatic heterocycles. The first-order valence-corrected chi connectivity index (χ1v) is 6.28. The quantitative estimate of drug-likeness (QED) is 0.776. The van der Waals surface area contributed by atoms with E-state index in [1.54, 1.807) is 4.90 Å². The van der Waals surface area contributed by atoms with Crippen molar-refractivity contribution in [3.63, 3.8) is 0 Å². The Kier molecular flexibility index (Phi) is 3.66. The molecule has 0 saturated carbocycles. The molecule has 2 fully saturated rings. The van der Waals surface area contributed by atoms with Gasteiger partial charge in [-0.05, 0) is 32.9 Å². The molecule has 5 heteroatoms. The Balaban J connectivity index is 1.95. The van der Waals surface area contributed by atoms with E-state index in [2.05, 4.69) is 4.90 Å². The van der Waals surface area contributed by atoms with Crippen molar-refractivity contribution in [1.29, 1.82) is 0 Å². The lowest BCUT2D eigenvalue weighted by Crippen LogP contribution is -2.41. The summed E-state index contributed by atoms with van der Waals surface area (Å²) in [5.74, 6) is -0.564. The van der Waals surface area contributed by atoms with Crippen molar-refractivity contribution in [3.05, 3.63) is 0 Å². The van der Waals surface area contributed by atoms with Crippen molar-refractivity contribution in [2.45, 2.75) is 31.7 Å². The Bertz CT molecular complexity index is 319. The Morgan fingerprint density at radius 3 is 2.65 bits per heavy atom. The van der Waals surface area contributed by atoms with Gasteiger partial charge in [0.2, 0.25) is 5.91 Å². The Labute approximate surface area is 101 Å². The monoisotopic (exact) mass is 240 g/mol. The smallest absolute Gasteiger partial charge is 0.305 e. The van der Waals surface area contributed by atoms with Gasteiger partial charge < -0.3 is 14.9 Å². The zero-order valence-electron chi connectivity index (χ0n) is 10.3. The van der Waals surface area contributed by atoms with Crippen molar-refractivity contribution >= 4 is 11.9 Å². The van der Waals surface area contributed by atoms with E-state index >= 15 is 0 Å². The number of hydrogen-bond acceptors (Lipinski definition) is 3. The fourth-order valence-electron chi connectivity index (χ4n) is 2.91. The lowest BCUT2D eigenvalue weighted by molar-refractivity contribution is -0.141. The molecule has 0 bridgehead atoms. The number of rotatable bonds is 3. The third kappa shape index (κ3) is 2.77. The van der Waals surface area contributed by atoms with Gasteiger partial charge in [0.15, 0.2) is 0 Å². The van der Waals surface area contributed by atoms with Crippen LogP contribution in [-0.4, -0.2) is 59.5 Å². The van der Waals surface area contributed by atoms with Crippen LogP contribution in [0.1, 0.15) is 25.7 Å². The van der Waals surface area contributed by atoms with Crippen molar-refractivity contribution in [2.24, 2.45) is 5.92 Å². The van der Waals surface area contributed by atoms with Gasteiger partial charge in [-0.15, -0.1) is 0 Å². The van der Waals surface area contributed by atoms with Gasteiger partial charge >= 0.3 is 5.97 Å². The summed E-state index contributed by atoms with van der Waals surface area (Å²) in [5.41, 5.74) is 0. The minimum absolute atomic E-state index is 0.0779. The Morgan fingerprint density at radius 2 is 2.06 bits per heavy atom. The van der Waals surface area contributed by atoms with Gasteiger partial charge in [0, 0.05) is 19.1 Å². The SMILES string of the molecule is CN1CCC(C(=O)N2CCCC2CC(=O)O)C1. The summed E-state index contributed by atoms with van der Waals surface area (Å²) in [4.78, 5) is 27.0. The van der Waals surface area contributed by atoms with E-state index < -0.39 is 5.97 Å². The summed E-state index contributed by atoms with van der Waals surface area (Å²) in [6.07, 6.45) is 2.77. The lowest BCUT2D eigenvalue weighted by Gasteiger charge is -2.26. The van der Waals surface area contributed by atoms with E-state index in [0.29, 0.717) is 0 Å². The number of nitrogens with zero attached hydrogens (tertiary/aromatic N) is 2. The standard InChI is InChI=1S/C12H20N2O3/c1-13-6-4-9(8-13)12(17)14-5-2-3-10(14)7-11(15)16/h9-10H,2-8H2,1H3,(H,15,16). The largest absolute Gasteiger partial charge is 0.481 e. The summed E-state index contributed by atoms with van der Waals surface area (Å²) < 4.78 is 0. The van der Waals surface area contributed by atoms with E-state index in [4.69, 9.17) is 5.11 Å². The highest BCUT2D eigenvalue weighted by Gasteiger charge is 2.36. The zero-order chi connectivity index (χ0) is 12.4. The third-order valence-electron chi connectivity index (χ3n) is 3.81. The molecular formula is C12H20N2O3. The van der Waals surface area contributed by atoms with Crippen LogP contribution in [0, 0.1) is 5.92 Å². The Hall–Kier alpha value is -1.10. The highest BCUT2D eigenvalue weighted by molar-refractivity contribution is 5.80. The van der Waals surface area contributed by atoms with Gasteiger partial charge in [0.1, 0.15) is 0 Å². The zero-order valence-corrected chi connectivity index (χ0v) is 10.3. The molecule has 2 atom stereocenters. The summed E-state index contributed by atoms with van der Waals surface area (Å²) in [5, 5.41) is 8.83. The van der Waals surface area contributed by atoms with E-state index in [0.717, 1.165) is 38.9 Å². The molecular weight excluding hydrogens is 220 g/mol. The third-order valence-corrected chi connectivity index (χ3v) is 3.81. The summed E-state index contributed by atoms with van der Waals surface area (Å²) in [6.45, 7) is 2.51. The van der Waals surface area contributed by atoms with Crippen molar-refractivity contribution in [1.82, 2.24) is 9.80 Å². The second-order valence-electron chi connectivity index (χ2n) is 5.17. The van der Waals surface area contributed by atoms with E-state index in [1.807, 2.05) is 7.05 Å². The van der Waals surface area contributed by atoms with Gasteiger partial charge in [0.05, 0.1) is 12.3 Å². The van der Waals surface area contributed by atoms with Crippen LogP contribution < -0.4 is 0 Å². The molecule has 2 rings (SSSR count). The minimum Gasteiger partial charge on any atom is -0.481 e. The summed E-state index contributed by atoms with van der Waals surface area (Å²) >= 11 is 0. The Morgan fingerprint density at radius 1 is 1.29 bits per heavy atom. The molecule has 0 aliphatic carbocycles. The topological polar surface area (TPSA) is 60.9 Å². The highest BCUT2D eigenvalue weighted by atomic mass is 16.4. The second kappa shape index (κ2) is 5.04. The van der Waals surface area contributed by atoms with Crippen LogP contribution in [-0.2, 0) is 9.59 Å². The number of carboxylic acids is 1. The van der Waals surface area contributed by atoms with Crippen LogP contribution in [0.4, 0.5) is 0 Å². The van der Waals surface area contributed by atoms with Crippen LogP contribution in [0.3, 0.4) is 0 Å². The molecule has 2 aliphatic heterocycles. The van der Waals surface area contributed by atoms with E-state index in [-0.39, 0.29) is 24.3 Å². The molecule has 0 radical (unpaired) electrons. The number of likely N-dealkylation sites (tertiary alicyclic amines) is 2. The molecule has 96 valence electrons. The molecule has 0 spiro atoms. The fourth-order valence-corrected chi connectivity index (χ4v) is 2.91. The molecule has 2 unspecified atom stereocenters. The number of carbonyl (C=O) groups excluding carboxylic acids is 1. The van der Waals surface area contributed by atoms with E-state index in [1.165, 1.54) is 0 Å². The molecule has 17 heavy (non-hydrogen) atoms. The number of carbonyl (C=O) groups is 2. The van der Waals surface area contributed by atoms with E-state index in [9.17, 15) is 9.59 Å². The van der Waals surface area contributed by atoms with Gasteiger partial charge in [-0.1, -0.05) is 0 Å². The molecule has 2 heterocycles. The van der Waals surface area contributed by atoms with Crippen LogP contribution >= 0.6 is 0 Å². The first-order chi connectivity index (χ1) is 8.08. The molecule has 1 amide bonds. The maximum atomic E-state index is 12.3. The molecule has 2 aliphatic rings. The van der Waals surface area contributed by atoms with Crippen LogP contribution in [0.15, 0.2) is 0 Å². The second-order valence-corrected chi connectivity index (χ2v) is 5.17. The van der Waals surface area contributed by atoms with Crippen molar-refractivity contribution < 1.29 is 14.7 Å². The predicted molar refractivity (Wildman–Crippen MR) is 62.6 cm³/mol. The average Bonchev–Trinajstić information content (AvgIpc) is 2.85. The molecule has 0 aromatic carbocycles. The maximum Gasteiger partial charge on any atom is 0.305 e. The number of carboxylic acid groups (broad SMARTS) is 1. The first kappa shape index (κ1) is 12.4.